The fraction of sp³-hybridized carbons (Fsp3) is 0.304. The number of nitrogens with two attached hydrogens (primary N) is 1. The molecule has 2 aromatic carbocycles. The predicted molar refractivity (Wildman–Crippen MR) is 110 cm³/mol. The minimum Gasteiger partial charge on any atom is -0.492 e. The van der Waals surface area contributed by atoms with Crippen LogP contribution in [0.4, 0.5) is 0 Å². The molecule has 0 fully saturated rings. The number of nitrogens with zero attached hydrogens (tertiary/aromatic N) is 1. The number of fused-ring (bicyclic) bond motifs is 3. The van der Waals surface area contributed by atoms with Crippen molar-refractivity contribution in [2.75, 3.05) is 13.7 Å². The monoisotopic (exact) mass is 392 g/mol. The first kappa shape index (κ1) is 19.1. The summed E-state index contributed by atoms with van der Waals surface area (Å²) in [5.74, 6) is -0.288. The predicted octanol–water partition coefficient (Wildman–Crippen LogP) is 3.15. The molecule has 1 aliphatic carbocycles. The molecule has 6 heteroatoms. The number of primary amides is 1. The van der Waals surface area contributed by atoms with Gasteiger partial charge in [-0.15, -0.1) is 0 Å². The molecule has 0 aliphatic heterocycles. The summed E-state index contributed by atoms with van der Waals surface area (Å²) in [6.45, 7) is 0.926. The van der Waals surface area contributed by atoms with Crippen molar-refractivity contribution in [2.24, 2.45) is 5.73 Å². The first-order valence-corrected chi connectivity index (χ1v) is 9.77. The van der Waals surface area contributed by atoms with E-state index >= 15 is 0 Å². The van der Waals surface area contributed by atoms with Crippen molar-refractivity contribution in [2.45, 2.75) is 31.7 Å². The van der Waals surface area contributed by atoms with Crippen molar-refractivity contribution in [3.05, 3.63) is 65.4 Å². The van der Waals surface area contributed by atoms with Crippen LogP contribution in [0.2, 0.25) is 0 Å². The van der Waals surface area contributed by atoms with Gasteiger partial charge in [-0.1, -0.05) is 36.4 Å². The SMILES string of the molecule is COC(=O)CCOc1cccc2c1c1c(n2Cc2ccccc2)CCC1C(N)=O. The van der Waals surface area contributed by atoms with Crippen LogP contribution in [-0.2, 0) is 27.3 Å². The van der Waals surface area contributed by atoms with E-state index in [-0.39, 0.29) is 30.8 Å². The van der Waals surface area contributed by atoms with Crippen LogP contribution < -0.4 is 10.5 Å². The minimum absolute atomic E-state index is 0.166. The van der Waals surface area contributed by atoms with Crippen molar-refractivity contribution in [3.63, 3.8) is 0 Å². The number of aromatic nitrogens is 1. The van der Waals surface area contributed by atoms with Crippen LogP contribution >= 0.6 is 0 Å². The summed E-state index contributed by atoms with van der Waals surface area (Å²) in [6, 6.07) is 16.1. The number of hydrogen-bond donors (Lipinski definition) is 1. The Bertz CT molecular complexity index is 1060. The number of methoxy groups -OCH3 is 1. The van der Waals surface area contributed by atoms with Gasteiger partial charge in [-0.3, -0.25) is 9.59 Å². The van der Waals surface area contributed by atoms with Crippen LogP contribution in [0, 0.1) is 0 Å². The first-order chi connectivity index (χ1) is 14.1. The summed E-state index contributed by atoms with van der Waals surface area (Å²) in [5, 5.41) is 0.921. The van der Waals surface area contributed by atoms with Gasteiger partial charge >= 0.3 is 5.97 Å². The van der Waals surface area contributed by atoms with Crippen LogP contribution in [0.25, 0.3) is 10.9 Å². The fourth-order valence-electron chi connectivity index (χ4n) is 4.22. The maximum Gasteiger partial charge on any atom is 0.308 e. The highest BCUT2D eigenvalue weighted by atomic mass is 16.5. The van der Waals surface area contributed by atoms with Gasteiger partial charge in [-0.25, -0.2) is 0 Å². The van der Waals surface area contributed by atoms with E-state index in [1.165, 1.54) is 12.7 Å². The Morgan fingerprint density at radius 2 is 1.93 bits per heavy atom. The number of amides is 1. The Hall–Kier alpha value is -3.28. The molecule has 0 saturated carbocycles. The van der Waals surface area contributed by atoms with E-state index in [1.54, 1.807) is 0 Å². The molecule has 1 aliphatic rings. The lowest BCUT2D eigenvalue weighted by Crippen LogP contribution is -2.19. The molecular weight excluding hydrogens is 368 g/mol. The Morgan fingerprint density at radius 3 is 2.66 bits per heavy atom. The zero-order chi connectivity index (χ0) is 20.4. The Morgan fingerprint density at radius 1 is 1.14 bits per heavy atom. The van der Waals surface area contributed by atoms with Crippen molar-refractivity contribution in [3.8, 4) is 5.75 Å². The number of hydrogen-bond acceptors (Lipinski definition) is 4. The molecule has 1 amide bonds. The largest absolute Gasteiger partial charge is 0.492 e. The molecular formula is C23H24N2O4. The Labute approximate surface area is 169 Å². The van der Waals surface area contributed by atoms with Crippen LogP contribution in [0.3, 0.4) is 0 Å². The van der Waals surface area contributed by atoms with Gasteiger partial charge < -0.3 is 19.8 Å². The molecule has 0 bridgehead atoms. The number of benzene rings is 2. The van der Waals surface area contributed by atoms with Gasteiger partial charge in [0.1, 0.15) is 5.75 Å². The van der Waals surface area contributed by atoms with E-state index in [2.05, 4.69) is 21.4 Å². The van der Waals surface area contributed by atoms with Gasteiger partial charge in [-0.05, 0) is 36.1 Å². The molecule has 1 aromatic heterocycles. The topological polar surface area (TPSA) is 83.6 Å². The number of ether oxygens (including phenoxy) is 2. The minimum atomic E-state index is -0.324. The summed E-state index contributed by atoms with van der Waals surface area (Å²) < 4.78 is 12.9. The van der Waals surface area contributed by atoms with E-state index in [4.69, 9.17) is 10.5 Å². The summed E-state index contributed by atoms with van der Waals surface area (Å²) in [5.41, 5.74) is 10.0. The van der Waals surface area contributed by atoms with Crippen LogP contribution in [0.15, 0.2) is 48.5 Å². The number of esters is 1. The maximum absolute atomic E-state index is 12.1. The second kappa shape index (κ2) is 7.99. The second-order valence-electron chi connectivity index (χ2n) is 7.25. The van der Waals surface area contributed by atoms with Gasteiger partial charge in [0.05, 0.1) is 31.6 Å². The standard InChI is InChI=1S/C23H24N2O4/c1-28-20(26)12-13-29-19-9-5-8-17-22(19)21-16(23(24)27)10-11-18(21)25(17)14-15-6-3-2-4-7-15/h2-9,16H,10-14H2,1H3,(H2,24,27). The molecule has 150 valence electrons. The van der Waals surface area contributed by atoms with E-state index in [9.17, 15) is 9.59 Å². The van der Waals surface area contributed by atoms with Crippen molar-refractivity contribution < 1.29 is 19.1 Å². The lowest BCUT2D eigenvalue weighted by Gasteiger charge is -2.12. The Kier molecular flexibility index (Phi) is 5.25. The third-order valence-electron chi connectivity index (χ3n) is 5.54. The van der Waals surface area contributed by atoms with Gasteiger partial charge in [0.25, 0.3) is 0 Å². The quantitative estimate of drug-likeness (QED) is 0.626. The highest BCUT2D eigenvalue weighted by molar-refractivity contribution is 5.97. The molecule has 1 atom stereocenters. The maximum atomic E-state index is 12.1. The molecule has 29 heavy (non-hydrogen) atoms. The second-order valence-corrected chi connectivity index (χ2v) is 7.25. The number of carbonyl (C=O) groups is 2. The zero-order valence-electron chi connectivity index (χ0n) is 16.4. The van der Waals surface area contributed by atoms with Gasteiger partial charge in [0.2, 0.25) is 5.91 Å². The van der Waals surface area contributed by atoms with Gasteiger partial charge in [0, 0.05) is 17.6 Å². The van der Waals surface area contributed by atoms with Crippen molar-refractivity contribution in [1.82, 2.24) is 4.57 Å². The molecule has 2 N–H and O–H groups in total. The lowest BCUT2D eigenvalue weighted by atomic mass is 9.99. The molecule has 0 saturated heterocycles. The van der Waals surface area contributed by atoms with E-state index < -0.39 is 0 Å². The molecule has 6 nitrogen and oxygen atoms in total. The molecule has 3 aromatic rings. The van der Waals surface area contributed by atoms with E-state index in [0.717, 1.165) is 28.6 Å². The molecule has 1 heterocycles. The third kappa shape index (κ3) is 3.58. The molecule has 0 spiro atoms. The summed E-state index contributed by atoms with van der Waals surface area (Å²) in [6.07, 6.45) is 1.67. The molecule has 1 unspecified atom stereocenters. The highest BCUT2D eigenvalue weighted by Gasteiger charge is 2.34. The lowest BCUT2D eigenvalue weighted by molar-refractivity contribution is -0.141. The summed E-state index contributed by atoms with van der Waals surface area (Å²) >= 11 is 0. The number of rotatable bonds is 7. The summed E-state index contributed by atoms with van der Waals surface area (Å²) in [4.78, 5) is 23.6. The van der Waals surface area contributed by atoms with E-state index in [0.29, 0.717) is 18.7 Å². The average Bonchev–Trinajstić information content (AvgIpc) is 3.28. The fourth-order valence-corrected chi connectivity index (χ4v) is 4.22. The smallest absolute Gasteiger partial charge is 0.308 e. The Balaban J connectivity index is 1.79. The molecule has 4 rings (SSSR count). The summed E-state index contributed by atoms with van der Waals surface area (Å²) in [7, 11) is 1.36. The highest BCUT2D eigenvalue weighted by Crippen LogP contribution is 2.44. The zero-order valence-corrected chi connectivity index (χ0v) is 16.4. The van der Waals surface area contributed by atoms with Crippen LogP contribution in [0.1, 0.15) is 35.6 Å². The normalized spacial score (nSPS) is 15.3. The van der Waals surface area contributed by atoms with Crippen LogP contribution in [-0.4, -0.2) is 30.2 Å². The molecule has 0 radical (unpaired) electrons. The van der Waals surface area contributed by atoms with Gasteiger partial charge in [-0.2, -0.15) is 0 Å². The van der Waals surface area contributed by atoms with Crippen LogP contribution in [0.5, 0.6) is 5.75 Å². The number of carbonyl (C=O) groups excluding carboxylic acids is 2. The first-order valence-electron chi connectivity index (χ1n) is 9.77. The average molecular weight is 392 g/mol. The van der Waals surface area contributed by atoms with E-state index in [1.807, 2.05) is 36.4 Å². The van der Waals surface area contributed by atoms with Crippen molar-refractivity contribution >= 4 is 22.8 Å². The van der Waals surface area contributed by atoms with Crippen molar-refractivity contribution in [1.29, 1.82) is 0 Å². The third-order valence-corrected chi connectivity index (χ3v) is 5.54. The van der Waals surface area contributed by atoms with Gasteiger partial charge in [0.15, 0.2) is 0 Å².